The zero-order chi connectivity index (χ0) is 18.1. The normalized spacial score (nSPS) is 18.8. The number of ether oxygens (including phenoxy) is 1. The maximum absolute atomic E-state index is 11.9. The lowest BCUT2D eigenvalue weighted by Crippen LogP contribution is -2.34. The van der Waals surface area contributed by atoms with Crippen molar-refractivity contribution < 1.29 is 14.6 Å². The number of benzene rings is 1. The van der Waals surface area contributed by atoms with Gasteiger partial charge in [-0.2, -0.15) is 11.8 Å². The molecule has 0 spiro atoms. The van der Waals surface area contributed by atoms with Crippen LogP contribution in [0.4, 0.5) is 4.79 Å². The summed E-state index contributed by atoms with van der Waals surface area (Å²) in [6, 6.07) is 7.36. The van der Waals surface area contributed by atoms with Crippen LogP contribution in [0.5, 0.6) is 0 Å². The van der Waals surface area contributed by atoms with Crippen molar-refractivity contribution in [1.82, 2.24) is 4.90 Å². The van der Waals surface area contributed by atoms with Gasteiger partial charge in [0.25, 0.3) is 0 Å². The van der Waals surface area contributed by atoms with Crippen LogP contribution < -0.4 is 0 Å². The molecule has 1 aliphatic heterocycles. The molecule has 25 heavy (non-hydrogen) atoms. The number of carbonyl (C=O) groups excluding carboxylic acids is 1. The van der Waals surface area contributed by atoms with Crippen molar-refractivity contribution >= 4 is 29.5 Å². The van der Waals surface area contributed by atoms with Gasteiger partial charge in [-0.25, -0.2) is 4.79 Å². The van der Waals surface area contributed by atoms with Crippen LogP contribution in [-0.4, -0.2) is 52.9 Å². The van der Waals surface area contributed by atoms with Gasteiger partial charge in [-0.15, -0.1) is 0 Å². The summed E-state index contributed by atoms with van der Waals surface area (Å²) >= 11 is 7.82. The van der Waals surface area contributed by atoms with Gasteiger partial charge in [-0.05, 0) is 29.9 Å². The van der Waals surface area contributed by atoms with Crippen LogP contribution in [0.3, 0.4) is 0 Å². The topological polar surface area (TPSA) is 49.8 Å². The second-order valence-corrected chi connectivity index (χ2v) is 7.75. The summed E-state index contributed by atoms with van der Waals surface area (Å²) in [5, 5.41) is 10.9. The van der Waals surface area contributed by atoms with Crippen LogP contribution in [0, 0.1) is 0 Å². The number of hydrogen-bond acceptors (Lipinski definition) is 4. The molecule has 4 nitrogen and oxygen atoms in total. The maximum atomic E-state index is 11.9. The number of halogens is 1. The smallest absolute Gasteiger partial charge is 0.410 e. The Labute approximate surface area is 159 Å². The van der Waals surface area contributed by atoms with Crippen molar-refractivity contribution in [2.75, 3.05) is 24.7 Å². The number of thioether (sulfide) groups is 1. The zero-order valence-corrected chi connectivity index (χ0v) is 16.1. The molecule has 1 heterocycles. The first-order valence-corrected chi connectivity index (χ1v) is 10.3. The van der Waals surface area contributed by atoms with E-state index in [1.807, 2.05) is 42.1 Å². The lowest BCUT2D eigenvalue weighted by molar-refractivity contribution is 0.159. The summed E-state index contributed by atoms with van der Waals surface area (Å²) in [7, 11) is 0. The molecule has 1 fully saturated rings. The SMILES string of the molecule is CCCCSCCN1C(=O)OC[C@@H]1/C=C/[C@@H](O)Cc1cccc(Cl)c1. The third kappa shape index (κ3) is 6.92. The van der Waals surface area contributed by atoms with Gasteiger partial charge in [-0.3, -0.25) is 4.90 Å². The quantitative estimate of drug-likeness (QED) is 0.487. The van der Waals surface area contributed by atoms with Crippen molar-refractivity contribution in [2.24, 2.45) is 0 Å². The van der Waals surface area contributed by atoms with Gasteiger partial charge in [0.2, 0.25) is 0 Å². The van der Waals surface area contributed by atoms with E-state index >= 15 is 0 Å². The van der Waals surface area contributed by atoms with E-state index in [1.54, 1.807) is 11.0 Å². The van der Waals surface area contributed by atoms with E-state index in [4.69, 9.17) is 16.3 Å². The Hall–Kier alpha value is -1.17. The highest BCUT2D eigenvalue weighted by Gasteiger charge is 2.30. The van der Waals surface area contributed by atoms with Gasteiger partial charge in [0.15, 0.2) is 0 Å². The standard InChI is InChI=1S/C19H26ClNO3S/c1-2-3-10-25-11-9-21-17(14-24-19(21)23)7-8-18(22)13-15-5-4-6-16(20)12-15/h4-8,12,17-18,22H,2-3,9-11,13-14H2,1H3/b8-7+/t17-,18+/m0/s1. The average Bonchev–Trinajstić information content (AvgIpc) is 2.93. The summed E-state index contributed by atoms with van der Waals surface area (Å²) in [5.41, 5.74) is 0.979. The number of rotatable bonds is 10. The molecule has 6 heteroatoms. The molecule has 1 aromatic carbocycles. The minimum absolute atomic E-state index is 0.103. The minimum Gasteiger partial charge on any atom is -0.447 e. The molecule has 1 aliphatic rings. The zero-order valence-electron chi connectivity index (χ0n) is 14.6. The highest BCUT2D eigenvalue weighted by Crippen LogP contribution is 2.17. The Morgan fingerprint density at radius 3 is 3.08 bits per heavy atom. The van der Waals surface area contributed by atoms with E-state index in [1.165, 1.54) is 12.8 Å². The molecular weight excluding hydrogens is 358 g/mol. The minimum atomic E-state index is -0.616. The predicted molar refractivity (Wildman–Crippen MR) is 104 cm³/mol. The lowest BCUT2D eigenvalue weighted by Gasteiger charge is -2.18. The van der Waals surface area contributed by atoms with Crippen LogP contribution in [0.15, 0.2) is 36.4 Å². The Morgan fingerprint density at radius 2 is 2.32 bits per heavy atom. The second kappa shape index (κ2) is 10.7. The summed E-state index contributed by atoms with van der Waals surface area (Å²) in [6.45, 7) is 3.19. The summed E-state index contributed by atoms with van der Waals surface area (Å²) < 4.78 is 5.15. The molecule has 0 radical (unpaired) electrons. The van der Waals surface area contributed by atoms with Crippen molar-refractivity contribution in [3.63, 3.8) is 0 Å². The van der Waals surface area contributed by atoms with Crippen LogP contribution in [-0.2, 0) is 11.2 Å². The van der Waals surface area contributed by atoms with Crippen molar-refractivity contribution in [3.05, 3.63) is 47.0 Å². The number of nitrogens with zero attached hydrogens (tertiary/aromatic N) is 1. The van der Waals surface area contributed by atoms with E-state index in [9.17, 15) is 9.90 Å². The van der Waals surface area contributed by atoms with Crippen LogP contribution in [0.1, 0.15) is 25.3 Å². The first-order valence-electron chi connectivity index (χ1n) is 8.72. The van der Waals surface area contributed by atoms with Crippen LogP contribution in [0.25, 0.3) is 0 Å². The molecule has 0 unspecified atom stereocenters. The molecule has 1 N–H and O–H groups in total. The summed E-state index contributed by atoms with van der Waals surface area (Å²) in [5.74, 6) is 2.03. The van der Waals surface area contributed by atoms with E-state index in [0.29, 0.717) is 24.6 Å². The van der Waals surface area contributed by atoms with Gasteiger partial charge in [0, 0.05) is 23.7 Å². The fraction of sp³-hybridized carbons (Fsp3) is 0.526. The Kier molecular flexibility index (Phi) is 8.65. The van der Waals surface area contributed by atoms with Crippen molar-refractivity contribution in [1.29, 1.82) is 0 Å². The first kappa shape index (κ1) is 20.1. The van der Waals surface area contributed by atoms with E-state index in [2.05, 4.69) is 6.92 Å². The third-order valence-electron chi connectivity index (χ3n) is 4.02. The fourth-order valence-electron chi connectivity index (χ4n) is 2.62. The van der Waals surface area contributed by atoms with Gasteiger partial charge in [0.05, 0.1) is 12.1 Å². The molecule has 2 rings (SSSR count). The number of hydrogen-bond donors (Lipinski definition) is 1. The molecular formula is C19H26ClNO3S. The predicted octanol–water partition coefficient (Wildman–Crippen LogP) is 4.15. The molecule has 0 bridgehead atoms. The Morgan fingerprint density at radius 1 is 1.48 bits per heavy atom. The number of cyclic esters (lactones) is 1. The third-order valence-corrected chi connectivity index (χ3v) is 5.30. The molecule has 0 aliphatic carbocycles. The van der Waals surface area contributed by atoms with Crippen LogP contribution in [0.2, 0.25) is 5.02 Å². The molecule has 0 aromatic heterocycles. The molecule has 0 saturated carbocycles. The van der Waals surface area contributed by atoms with Gasteiger partial charge < -0.3 is 9.84 Å². The number of unbranched alkanes of at least 4 members (excludes halogenated alkanes) is 1. The van der Waals surface area contributed by atoms with Gasteiger partial charge in [-0.1, -0.05) is 49.2 Å². The first-order chi connectivity index (χ1) is 12.1. The molecule has 2 atom stereocenters. The van der Waals surface area contributed by atoms with Crippen LogP contribution >= 0.6 is 23.4 Å². The molecule has 1 aromatic rings. The number of aliphatic hydroxyl groups excluding tert-OH is 1. The fourth-order valence-corrected chi connectivity index (χ4v) is 3.86. The highest BCUT2D eigenvalue weighted by molar-refractivity contribution is 7.99. The highest BCUT2D eigenvalue weighted by atomic mass is 35.5. The number of carbonyl (C=O) groups is 1. The number of amides is 1. The average molecular weight is 384 g/mol. The van der Waals surface area contributed by atoms with Crippen molar-refractivity contribution in [3.8, 4) is 0 Å². The van der Waals surface area contributed by atoms with E-state index in [-0.39, 0.29) is 12.1 Å². The van der Waals surface area contributed by atoms with Crippen molar-refractivity contribution in [2.45, 2.75) is 38.3 Å². The van der Waals surface area contributed by atoms with Gasteiger partial charge in [0.1, 0.15) is 6.61 Å². The maximum Gasteiger partial charge on any atom is 0.410 e. The number of aliphatic hydroxyl groups is 1. The molecule has 1 saturated heterocycles. The Balaban J connectivity index is 1.82. The molecule has 1 amide bonds. The largest absolute Gasteiger partial charge is 0.447 e. The summed E-state index contributed by atoms with van der Waals surface area (Å²) in [6.07, 6.45) is 5.61. The Bertz CT molecular complexity index is 582. The van der Waals surface area contributed by atoms with Gasteiger partial charge >= 0.3 is 6.09 Å². The second-order valence-electron chi connectivity index (χ2n) is 6.09. The summed E-state index contributed by atoms with van der Waals surface area (Å²) in [4.78, 5) is 13.6. The van der Waals surface area contributed by atoms with E-state index < -0.39 is 6.10 Å². The van der Waals surface area contributed by atoms with E-state index in [0.717, 1.165) is 17.1 Å². The monoisotopic (exact) mass is 383 g/mol. The molecule has 138 valence electrons. The lowest BCUT2D eigenvalue weighted by atomic mass is 10.1.